The molecule has 0 saturated heterocycles. The molecule has 5 nitrogen and oxygen atoms in total. The maximum atomic E-state index is 11.2. The van der Waals surface area contributed by atoms with E-state index in [1.54, 1.807) is 0 Å². The number of imidazole rings is 1. The first-order chi connectivity index (χ1) is 7.22. The Bertz CT molecular complexity index is 354. The van der Waals surface area contributed by atoms with Crippen LogP contribution in [0.4, 0.5) is 0 Å². The maximum Gasteiger partial charge on any atom is 0.323 e. The molecule has 0 radical (unpaired) electrons. The largest absolute Gasteiger partial charge is 0.465 e. The van der Waals surface area contributed by atoms with Gasteiger partial charge in [-0.15, -0.1) is 0 Å². The summed E-state index contributed by atoms with van der Waals surface area (Å²) in [6.45, 7) is 2.55. The van der Waals surface area contributed by atoms with Crippen LogP contribution in [0.5, 0.6) is 0 Å². The van der Waals surface area contributed by atoms with E-state index in [1.807, 2.05) is 0 Å². The van der Waals surface area contributed by atoms with Gasteiger partial charge in [0.2, 0.25) is 0 Å². The molecule has 0 fully saturated rings. The van der Waals surface area contributed by atoms with Gasteiger partial charge in [0.25, 0.3) is 0 Å². The molecule has 0 aliphatic rings. The van der Waals surface area contributed by atoms with Gasteiger partial charge >= 0.3 is 11.7 Å². The molecule has 0 bridgehead atoms. The van der Waals surface area contributed by atoms with Gasteiger partial charge in [-0.3, -0.25) is 4.79 Å². The number of unbranched alkanes of at least 4 members (excludes halogenated alkanes) is 2. The average molecular weight is 212 g/mol. The van der Waals surface area contributed by atoms with Crippen LogP contribution in [-0.2, 0) is 16.0 Å². The number of aromatic nitrogens is 2. The SMILES string of the molecule is CCCCCOC(=O)Cc1c[nH]c(=O)[nH]1. The lowest BCUT2D eigenvalue weighted by Gasteiger charge is -2.02. The first-order valence-electron chi connectivity index (χ1n) is 5.14. The predicted molar refractivity (Wildman–Crippen MR) is 55.6 cm³/mol. The summed E-state index contributed by atoms with van der Waals surface area (Å²) >= 11 is 0. The van der Waals surface area contributed by atoms with Crippen molar-refractivity contribution in [3.05, 3.63) is 22.4 Å². The van der Waals surface area contributed by atoms with Crippen LogP contribution in [-0.4, -0.2) is 22.5 Å². The number of nitrogens with one attached hydrogen (secondary N) is 2. The molecule has 0 unspecified atom stereocenters. The van der Waals surface area contributed by atoms with E-state index in [0.717, 1.165) is 19.3 Å². The molecule has 15 heavy (non-hydrogen) atoms. The van der Waals surface area contributed by atoms with Crippen LogP contribution in [0.15, 0.2) is 11.0 Å². The lowest BCUT2D eigenvalue weighted by molar-refractivity contribution is -0.143. The molecule has 1 heterocycles. The van der Waals surface area contributed by atoms with Crippen LogP contribution in [0.1, 0.15) is 31.9 Å². The Kier molecular flexibility index (Phi) is 4.66. The van der Waals surface area contributed by atoms with E-state index in [-0.39, 0.29) is 18.1 Å². The standard InChI is InChI=1S/C10H16N2O3/c1-2-3-4-5-15-9(13)6-8-7-11-10(14)12-8/h7H,2-6H2,1H3,(H2,11,12,14). The number of H-pyrrole nitrogens is 2. The topological polar surface area (TPSA) is 75.0 Å². The second kappa shape index (κ2) is 6.06. The third-order valence-electron chi connectivity index (χ3n) is 2.00. The van der Waals surface area contributed by atoms with Gasteiger partial charge in [0.05, 0.1) is 13.0 Å². The fraction of sp³-hybridized carbons (Fsp3) is 0.600. The summed E-state index contributed by atoms with van der Waals surface area (Å²) in [7, 11) is 0. The van der Waals surface area contributed by atoms with E-state index < -0.39 is 0 Å². The molecule has 5 heteroatoms. The summed E-state index contributed by atoms with van der Waals surface area (Å²) in [6, 6.07) is 0. The van der Waals surface area contributed by atoms with E-state index in [1.165, 1.54) is 6.20 Å². The van der Waals surface area contributed by atoms with Gasteiger partial charge in [0.15, 0.2) is 0 Å². The molecule has 0 saturated carbocycles. The first-order valence-corrected chi connectivity index (χ1v) is 5.14. The molecule has 1 aromatic heterocycles. The zero-order valence-corrected chi connectivity index (χ0v) is 8.84. The zero-order valence-electron chi connectivity index (χ0n) is 8.84. The second-order valence-electron chi connectivity index (χ2n) is 3.37. The number of carbonyl (C=O) groups is 1. The average Bonchev–Trinajstić information content (AvgIpc) is 2.59. The first kappa shape index (κ1) is 11.6. The van der Waals surface area contributed by atoms with Gasteiger partial charge in [-0.1, -0.05) is 19.8 Å². The van der Waals surface area contributed by atoms with Crippen LogP contribution >= 0.6 is 0 Å². The van der Waals surface area contributed by atoms with Gasteiger partial charge in [-0.2, -0.15) is 0 Å². The minimum absolute atomic E-state index is 0.116. The highest BCUT2D eigenvalue weighted by molar-refractivity contribution is 5.71. The van der Waals surface area contributed by atoms with Crippen molar-refractivity contribution in [3.8, 4) is 0 Å². The molecule has 0 atom stereocenters. The number of hydrogen-bond acceptors (Lipinski definition) is 3. The fourth-order valence-corrected chi connectivity index (χ4v) is 1.21. The highest BCUT2D eigenvalue weighted by Crippen LogP contribution is 1.97. The maximum absolute atomic E-state index is 11.2. The number of rotatable bonds is 6. The number of hydrogen-bond donors (Lipinski definition) is 2. The lowest BCUT2D eigenvalue weighted by atomic mass is 10.3. The lowest BCUT2D eigenvalue weighted by Crippen LogP contribution is -2.10. The Labute approximate surface area is 87.9 Å². The van der Waals surface area contributed by atoms with Crippen LogP contribution in [0.2, 0.25) is 0 Å². The van der Waals surface area contributed by atoms with Crippen molar-refractivity contribution < 1.29 is 9.53 Å². The molecule has 1 aromatic rings. The quantitative estimate of drug-likeness (QED) is 0.545. The van der Waals surface area contributed by atoms with Gasteiger partial charge in [0, 0.05) is 11.9 Å². The molecule has 0 aliphatic carbocycles. The van der Waals surface area contributed by atoms with Crippen LogP contribution in [0.25, 0.3) is 0 Å². The minimum Gasteiger partial charge on any atom is -0.465 e. The zero-order chi connectivity index (χ0) is 11.1. The summed E-state index contributed by atoms with van der Waals surface area (Å²) in [5, 5.41) is 0. The molecule has 0 aliphatic heterocycles. The van der Waals surface area contributed by atoms with Gasteiger partial charge in [-0.05, 0) is 6.42 Å². The van der Waals surface area contributed by atoms with E-state index in [4.69, 9.17) is 4.74 Å². The fourth-order valence-electron chi connectivity index (χ4n) is 1.21. The normalized spacial score (nSPS) is 10.2. The Morgan fingerprint density at radius 3 is 2.87 bits per heavy atom. The molecular formula is C10H16N2O3. The summed E-state index contributed by atoms with van der Waals surface area (Å²) in [6.07, 6.45) is 4.66. The van der Waals surface area contributed by atoms with Crippen molar-refractivity contribution >= 4 is 5.97 Å². The summed E-state index contributed by atoms with van der Waals surface area (Å²) in [4.78, 5) is 26.9. The smallest absolute Gasteiger partial charge is 0.323 e. The molecule has 84 valence electrons. The number of carbonyl (C=O) groups excluding carboxylic acids is 1. The number of aromatic amines is 2. The van der Waals surface area contributed by atoms with Gasteiger partial charge in [-0.25, -0.2) is 4.79 Å². The van der Waals surface area contributed by atoms with Crippen molar-refractivity contribution in [2.45, 2.75) is 32.6 Å². The van der Waals surface area contributed by atoms with Crippen LogP contribution in [0, 0.1) is 0 Å². The highest BCUT2D eigenvalue weighted by Gasteiger charge is 2.05. The summed E-state index contributed by atoms with van der Waals surface area (Å²) in [5.41, 5.74) is 0.254. The minimum atomic E-state index is -0.304. The van der Waals surface area contributed by atoms with E-state index in [0.29, 0.717) is 12.3 Å². The van der Waals surface area contributed by atoms with Crippen molar-refractivity contribution in [3.63, 3.8) is 0 Å². The van der Waals surface area contributed by atoms with Crippen molar-refractivity contribution in [1.29, 1.82) is 0 Å². The monoisotopic (exact) mass is 212 g/mol. The summed E-state index contributed by atoms with van der Waals surface area (Å²) < 4.78 is 4.98. The van der Waals surface area contributed by atoms with E-state index in [2.05, 4.69) is 16.9 Å². The Hall–Kier alpha value is -1.52. The van der Waals surface area contributed by atoms with Crippen LogP contribution in [0.3, 0.4) is 0 Å². The number of ether oxygens (including phenoxy) is 1. The molecular weight excluding hydrogens is 196 g/mol. The Morgan fingerprint density at radius 1 is 1.47 bits per heavy atom. The molecule has 2 N–H and O–H groups in total. The highest BCUT2D eigenvalue weighted by atomic mass is 16.5. The van der Waals surface area contributed by atoms with Crippen molar-refractivity contribution in [1.82, 2.24) is 9.97 Å². The molecule has 0 amide bonds. The van der Waals surface area contributed by atoms with Crippen LogP contribution < -0.4 is 5.69 Å². The molecule has 1 rings (SSSR count). The van der Waals surface area contributed by atoms with E-state index in [9.17, 15) is 9.59 Å². The van der Waals surface area contributed by atoms with Crippen molar-refractivity contribution in [2.24, 2.45) is 0 Å². The van der Waals surface area contributed by atoms with Gasteiger partial charge < -0.3 is 14.7 Å². The Morgan fingerprint density at radius 2 is 2.27 bits per heavy atom. The molecule has 0 spiro atoms. The molecule has 0 aromatic carbocycles. The third kappa shape index (κ3) is 4.49. The third-order valence-corrected chi connectivity index (χ3v) is 2.00. The van der Waals surface area contributed by atoms with E-state index >= 15 is 0 Å². The van der Waals surface area contributed by atoms with Gasteiger partial charge in [0.1, 0.15) is 0 Å². The number of esters is 1. The predicted octanol–water partition coefficient (Wildman–Crippen LogP) is 0.979. The summed E-state index contributed by atoms with van der Waals surface area (Å²) in [5.74, 6) is -0.304. The van der Waals surface area contributed by atoms with Crippen molar-refractivity contribution in [2.75, 3.05) is 6.61 Å². The second-order valence-corrected chi connectivity index (χ2v) is 3.37. The Balaban J connectivity index is 2.21.